The van der Waals surface area contributed by atoms with Gasteiger partial charge in [-0.25, -0.2) is 0 Å². The minimum absolute atomic E-state index is 0.0496. The summed E-state index contributed by atoms with van der Waals surface area (Å²) in [6.45, 7) is 9.50. The number of hydrogen-bond donors (Lipinski definition) is 1. The third-order valence-electron chi connectivity index (χ3n) is 5.44. The summed E-state index contributed by atoms with van der Waals surface area (Å²) in [5, 5.41) is 3.41. The van der Waals surface area contributed by atoms with E-state index in [9.17, 15) is 4.79 Å². The summed E-state index contributed by atoms with van der Waals surface area (Å²) in [4.78, 5) is 21.1. The van der Waals surface area contributed by atoms with Gasteiger partial charge in [-0.05, 0) is 51.6 Å². The van der Waals surface area contributed by atoms with Crippen molar-refractivity contribution in [1.29, 1.82) is 0 Å². The van der Waals surface area contributed by atoms with Gasteiger partial charge in [-0.1, -0.05) is 13.8 Å². The molecule has 6 heteroatoms. The molecule has 2 fully saturated rings. The third-order valence-corrected chi connectivity index (χ3v) is 5.44. The molecule has 0 amide bonds. The van der Waals surface area contributed by atoms with Crippen LogP contribution in [-0.2, 0) is 9.53 Å². The number of likely N-dealkylation sites (N-methyl/N-ethyl adjacent to an activating group) is 1. The van der Waals surface area contributed by atoms with E-state index in [2.05, 4.69) is 34.0 Å². The molecule has 6 nitrogen and oxygen atoms in total. The maximum Gasteiger partial charge on any atom is 0.306 e. The van der Waals surface area contributed by atoms with Crippen LogP contribution in [0.4, 0.5) is 0 Å². The average molecular weight is 353 g/mol. The number of rotatable bonds is 8. The molecule has 0 spiro atoms. The van der Waals surface area contributed by atoms with Gasteiger partial charge in [0.25, 0.3) is 0 Å². The second kappa shape index (κ2) is 10.6. The number of carbonyl (C=O) groups excluding carboxylic acids is 1. The highest BCUT2D eigenvalue weighted by Gasteiger charge is 2.27. The lowest BCUT2D eigenvalue weighted by atomic mass is 10.2. The van der Waals surface area contributed by atoms with Crippen LogP contribution in [0.3, 0.4) is 0 Å². The zero-order valence-electron chi connectivity index (χ0n) is 16.3. The molecule has 1 atom stereocenters. The van der Waals surface area contributed by atoms with E-state index in [0.717, 1.165) is 57.9 Å². The highest BCUT2D eigenvalue weighted by atomic mass is 16.5. The molecule has 2 aliphatic rings. The highest BCUT2D eigenvalue weighted by Crippen LogP contribution is 2.21. The molecule has 1 aliphatic heterocycles. The highest BCUT2D eigenvalue weighted by molar-refractivity contribution is 5.80. The van der Waals surface area contributed by atoms with Gasteiger partial charge >= 0.3 is 5.97 Å². The standard InChI is InChI=1S/C19H36N4O2/c1-4-22(5-2)16-12-14-23(15-16)19(20-3)21-13-8-11-18(24)25-17-9-6-7-10-17/h16-17H,4-15H2,1-3H3,(H,20,21). The number of ether oxygens (including phenoxy) is 1. The van der Waals surface area contributed by atoms with Crippen LogP contribution in [0, 0.1) is 0 Å². The van der Waals surface area contributed by atoms with Crippen LogP contribution in [0.1, 0.15) is 58.8 Å². The Labute approximate surface area is 153 Å². The lowest BCUT2D eigenvalue weighted by Crippen LogP contribution is -2.43. The Morgan fingerprint density at radius 3 is 2.60 bits per heavy atom. The van der Waals surface area contributed by atoms with Gasteiger partial charge in [-0.15, -0.1) is 0 Å². The summed E-state index contributed by atoms with van der Waals surface area (Å²) in [7, 11) is 1.83. The van der Waals surface area contributed by atoms with Crippen LogP contribution in [0.15, 0.2) is 4.99 Å². The van der Waals surface area contributed by atoms with E-state index in [-0.39, 0.29) is 12.1 Å². The number of guanidine groups is 1. The first-order valence-corrected chi connectivity index (χ1v) is 10.1. The van der Waals surface area contributed by atoms with Gasteiger partial charge in [0.15, 0.2) is 5.96 Å². The molecule has 0 aromatic rings. The first kappa shape index (κ1) is 20.0. The van der Waals surface area contributed by atoms with Crippen molar-refractivity contribution < 1.29 is 9.53 Å². The smallest absolute Gasteiger partial charge is 0.306 e. The first-order chi connectivity index (χ1) is 12.2. The van der Waals surface area contributed by atoms with Gasteiger partial charge in [-0.3, -0.25) is 14.7 Å². The molecule has 1 unspecified atom stereocenters. The van der Waals surface area contributed by atoms with E-state index in [0.29, 0.717) is 12.5 Å². The number of esters is 1. The van der Waals surface area contributed by atoms with Crippen molar-refractivity contribution in [2.24, 2.45) is 4.99 Å². The van der Waals surface area contributed by atoms with Crippen molar-refractivity contribution in [1.82, 2.24) is 15.1 Å². The molecule has 1 N–H and O–H groups in total. The molecule has 0 radical (unpaired) electrons. The monoisotopic (exact) mass is 352 g/mol. The van der Waals surface area contributed by atoms with E-state index >= 15 is 0 Å². The molecule has 1 aliphatic carbocycles. The third kappa shape index (κ3) is 6.17. The van der Waals surface area contributed by atoms with Gasteiger partial charge in [0.05, 0.1) is 0 Å². The Kier molecular flexibility index (Phi) is 8.52. The number of aliphatic imine (C=N–C) groups is 1. The summed E-state index contributed by atoms with van der Waals surface area (Å²) in [5.41, 5.74) is 0. The van der Waals surface area contributed by atoms with Crippen molar-refractivity contribution in [3.8, 4) is 0 Å². The van der Waals surface area contributed by atoms with E-state index in [1.807, 2.05) is 7.05 Å². The predicted molar refractivity (Wildman–Crippen MR) is 102 cm³/mol. The summed E-state index contributed by atoms with van der Waals surface area (Å²) < 4.78 is 5.50. The minimum atomic E-state index is -0.0496. The second-order valence-electron chi connectivity index (χ2n) is 7.08. The van der Waals surface area contributed by atoms with E-state index in [4.69, 9.17) is 4.74 Å². The fourth-order valence-corrected chi connectivity index (χ4v) is 3.99. The number of carbonyl (C=O) groups is 1. The van der Waals surface area contributed by atoms with E-state index in [1.54, 1.807) is 0 Å². The Bertz CT molecular complexity index is 431. The Morgan fingerprint density at radius 2 is 1.96 bits per heavy atom. The molecule has 1 heterocycles. The zero-order chi connectivity index (χ0) is 18.1. The molecule has 0 bridgehead atoms. The van der Waals surface area contributed by atoms with Crippen molar-refractivity contribution >= 4 is 11.9 Å². The SMILES string of the molecule is CCN(CC)C1CCN(C(=NC)NCCCC(=O)OC2CCCC2)C1. The number of hydrogen-bond acceptors (Lipinski definition) is 4. The fraction of sp³-hybridized carbons (Fsp3) is 0.895. The lowest BCUT2D eigenvalue weighted by molar-refractivity contribution is -0.148. The van der Waals surface area contributed by atoms with E-state index < -0.39 is 0 Å². The molecule has 25 heavy (non-hydrogen) atoms. The van der Waals surface area contributed by atoms with Gasteiger partial charge in [0.2, 0.25) is 0 Å². The Balaban J connectivity index is 1.64. The topological polar surface area (TPSA) is 57.2 Å². The number of nitrogens with zero attached hydrogens (tertiary/aromatic N) is 3. The number of likely N-dealkylation sites (tertiary alicyclic amines) is 1. The normalized spacial score (nSPS) is 22.0. The summed E-state index contributed by atoms with van der Waals surface area (Å²) in [5.74, 6) is 0.908. The number of nitrogens with one attached hydrogen (secondary N) is 1. The summed E-state index contributed by atoms with van der Waals surface area (Å²) >= 11 is 0. The largest absolute Gasteiger partial charge is 0.462 e. The molecule has 2 rings (SSSR count). The zero-order valence-corrected chi connectivity index (χ0v) is 16.3. The van der Waals surface area contributed by atoms with Gasteiger partial charge in [0.1, 0.15) is 6.10 Å². The molecule has 0 aromatic carbocycles. The maximum absolute atomic E-state index is 11.9. The molecule has 1 saturated carbocycles. The molecule has 0 aromatic heterocycles. The Hall–Kier alpha value is -1.30. The van der Waals surface area contributed by atoms with Crippen molar-refractivity contribution in [3.63, 3.8) is 0 Å². The first-order valence-electron chi connectivity index (χ1n) is 10.1. The van der Waals surface area contributed by atoms with Gasteiger partial charge in [-0.2, -0.15) is 0 Å². The second-order valence-corrected chi connectivity index (χ2v) is 7.08. The molecular weight excluding hydrogens is 316 g/mol. The molecular formula is C19H36N4O2. The maximum atomic E-state index is 11.9. The fourth-order valence-electron chi connectivity index (χ4n) is 3.99. The van der Waals surface area contributed by atoms with Crippen LogP contribution in [0.2, 0.25) is 0 Å². The minimum Gasteiger partial charge on any atom is -0.462 e. The molecule has 144 valence electrons. The molecule has 1 saturated heterocycles. The van der Waals surface area contributed by atoms with Crippen LogP contribution >= 0.6 is 0 Å². The summed E-state index contributed by atoms with van der Waals surface area (Å²) in [6.07, 6.45) is 7.12. The Morgan fingerprint density at radius 1 is 1.24 bits per heavy atom. The van der Waals surface area contributed by atoms with Crippen molar-refractivity contribution in [2.75, 3.05) is 39.8 Å². The average Bonchev–Trinajstić information content (AvgIpc) is 3.28. The lowest BCUT2D eigenvalue weighted by Gasteiger charge is -2.27. The summed E-state index contributed by atoms with van der Waals surface area (Å²) in [6, 6.07) is 0.620. The van der Waals surface area contributed by atoms with Crippen molar-refractivity contribution in [2.45, 2.75) is 70.9 Å². The van der Waals surface area contributed by atoms with Gasteiger partial charge < -0.3 is 15.0 Å². The van der Waals surface area contributed by atoms with Gasteiger partial charge in [0, 0.05) is 39.1 Å². The van der Waals surface area contributed by atoms with Crippen LogP contribution in [-0.4, -0.2) is 73.6 Å². The van der Waals surface area contributed by atoms with Crippen LogP contribution in [0.25, 0.3) is 0 Å². The van der Waals surface area contributed by atoms with Crippen LogP contribution in [0.5, 0.6) is 0 Å². The van der Waals surface area contributed by atoms with Crippen molar-refractivity contribution in [3.05, 3.63) is 0 Å². The quantitative estimate of drug-likeness (QED) is 0.314. The van der Waals surface area contributed by atoms with E-state index in [1.165, 1.54) is 19.3 Å². The van der Waals surface area contributed by atoms with Crippen LogP contribution < -0.4 is 5.32 Å². The predicted octanol–water partition coefficient (Wildman–Crippen LogP) is 2.24.